The zero-order valence-electron chi connectivity index (χ0n) is 27.0. The molecular formula is C40H40Cl3N5O. The second-order valence-electron chi connectivity index (χ2n) is 12.1. The van der Waals surface area contributed by atoms with Gasteiger partial charge in [0.2, 0.25) is 0 Å². The molecule has 252 valence electrons. The number of fused-ring (bicyclic) bond motifs is 2. The molecule has 2 aromatic heterocycles. The third-order valence-corrected chi connectivity index (χ3v) is 9.26. The zero-order chi connectivity index (χ0) is 30.7. The van der Waals surface area contributed by atoms with Gasteiger partial charge in [-0.05, 0) is 85.9 Å². The summed E-state index contributed by atoms with van der Waals surface area (Å²) in [4.78, 5) is 10.2. The number of para-hydroxylation sites is 4. The highest BCUT2D eigenvalue weighted by molar-refractivity contribution is 5.86. The Bertz CT molecular complexity index is 2070. The first kappa shape index (κ1) is 36.0. The SMILES string of the molecule is Cl.Cl.Cl.c1ccc(Cn2c(-c3ccc(OCC(C4CCNCC4)n4c(-c5ccccc5)nc5ccccc54)cc3)nc3ccccc32)cc1. The summed E-state index contributed by atoms with van der Waals surface area (Å²) in [7, 11) is 0. The molecule has 5 aromatic carbocycles. The minimum atomic E-state index is 0. The Morgan fingerprint density at radius 2 is 1.16 bits per heavy atom. The zero-order valence-corrected chi connectivity index (χ0v) is 29.5. The van der Waals surface area contributed by atoms with Gasteiger partial charge in [0, 0.05) is 17.7 Å². The van der Waals surface area contributed by atoms with Gasteiger partial charge in [0.15, 0.2) is 0 Å². The van der Waals surface area contributed by atoms with Gasteiger partial charge in [0.25, 0.3) is 0 Å². The van der Waals surface area contributed by atoms with E-state index < -0.39 is 0 Å². The van der Waals surface area contributed by atoms with Crippen LogP contribution in [0.1, 0.15) is 24.4 Å². The van der Waals surface area contributed by atoms with E-state index in [4.69, 9.17) is 14.7 Å². The Balaban J connectivity index is 0.00000156. The molecule has 6 nitrogen and oxygen atoms in total. The molecule has 1 N–H and O–H groups in total. The number of ether oxygens (including phenoxy) is 1. The van der Waals surface area contributed by atoms with Crippen molar-refractivity contribution in [1.82, 2.24) is 24.4 Å². The van der Waals surface area contributed by atoms with Crippen molar-refractivity contribution >= 4 is 59.3 Å². The topological polar surface area (TPSA) is 56.9 Å². The molecule has 49 heavy (non-hydrogen) atoms. The fourth-order valence-corrected chi connectivity index (χ4v) is 6.93. The van der Waals surface area contributed by atoms with E-state index >= 15 is 0 Å². The van der Waals surface area contributed by atoms with Crippen LogP contribution in [0.2, 0.25) is 0 Å². The molecule has 7 aromatic rings. The quantitative estimate of drug-likeness (QED) is 0.162. The highest BCUT2D eigenvalue weighted by Crippen LogP contribution is 2.36. The molecule has 0 radical (unpaired) electrons. The molecule has 0 saturated carbocycles. The first-order valence-corrected chi connectivity index (χ1v) is 16.3. The summed E-state index contributed by atoms with van der Waals surface area (Å²) in [5.41, 5.74) is 7.75. The lowest BCUT2D eigenvalue weighted by atomic mass is 9.90. The van der Waals surface area contributed by atoms with Crippen LogP contribution in [0.4, 0.5) is 0 Å². The van der Waals surface area contributed by atoms with Gasteiger partial charge in [0.05, 0.1) is 28.1 Å². The fourth-order valence-electron chi connectivity index (χ4n) is 6.93. The molecule has 0 spiro atoms. The highest BCUT2D eigenvalue weighted by Gasteiger charge is 2.30. The van der Waals surface area contributed by atoms with E-state index in [9.17, 15) is 0 Å². The minimum Gasteiger partial charge on any atom is -0.491 e. The smallest absolute Gasteiger partial charge is 0.141 e. The number of rotatable bonds is 9. The first-order valence-electron chi connectivity index (χ1n) is 16.3. The highest BCUT2D eigenvalue weighted by atomic mass is 35.5. The van der Waals surface area contributed by atoms with E-state index in [1.807, 2.05) is 6.07 Å². The Kier molecular flexibility index (Phi) is 12.0. The van der Waals surface area contributed by atoms with Crippen LogP contribution in [0.5, 0.6) is 5.75 Å². The summed E-state index contributed by atoms with van der Waals surface area (Å²) in [6, 6.07) is 46.6. The van der Waals surface area contributed by atoms with Gasteiger partial charge in [0.1, 0.15) is 24.0 Å². The monoisotopic (exact) mass is 711 g/mol. The van der Waals surface area contributed by atoms with Crippen LogP contribution in [0.25, 0.3) is 44.8 Å². The van der Waals surface area contributed by atoms with E-state index in [2.05, 4.69) is 142 Å². The lowest BCUT2D eigenvalue weighted by molar-refractivity contribution is 0.175. The second kappa shape index (κ2) is 16.4. The lowest BCUT2D eigenvalue weighted by Crippen LogP contribution is -2.35. The molecule has 0 bridgehead atoms. The van der Waals surface area contributed by atoms with Crippen molar-refractivity contribution in [2.24, 2.45) is 5.92 Å². The van der Waals surface area contributed by atoms with Crippen molar-refractivity contribution in [3.05, 3.63) is 139 Å². The van der Waals surface area contributed by atoms with Crippen LogP contribution < -0.4 is 10.1 Å². The maximum Gasteiger partial charge on any atom is 0.141 e. The normalized spacial score (nSPS) is 13.6. The first-order chi connectivity index (χ1) is 22.8. The number of hydrogen-bond donors (Lipinski definition) is 1. The Morgan fingerprint density at radius 3 is 1.86 bits per heavy atom. The van der Waals surface area contributed by atoms with E-state index in [1.165, 1.54) is 5.56 Å². The van der Waals surface area contributed by atoms with Gasteiger partial charge in [-0.25, -0.2) is 9.97 Å². The van der Waals surface area contributed by atoms with Crippen LogP contribution in [0.15, 0.2) is 133 Å². The maximum absolute atomic E-state index is 6.66. The van der Waals surface area contributed by atoms with E-state index in [0.29, 0.717) is 12.5 Å². The average molecular weight is 713 g/mol. The van der Waals surface area contributed by atoms with Crippen molar-refractivity contribution < 1.29 is 4.74 Å². The summed E-state index contributed by atoms with van der Waals surface area (Å²) in [5.74, 6) is 3.29. The van der Waals surface area contributed by atoms with Gasteiger partial charge in [-0.3, -0.25) is 0 Å². The van der Waals surface area contributed by atoms with Gasteiger partial charge in [-0.1, -0.05) is 84.9 Å². The van der Waals surface area contributed by atoms with Crippen molar-refractivity contribution in [3.8, 4) is 28.5 Å². The Hall–Kier alpha value is -4.33. The molecule has 1 fully saturated rings. The number of nitrogens with one attached hydrogen (secondary N) is 1. The second-order valence-corrected chi connectivity index (χ2v) is 12.1. The van der Waals surface area contributed by atoms with Gasteiger partial charge in [-0.15, -0.1) is 37.2 Å². The van der Waals surface area contributed by atoms with Crippen LogP contribution >= 0.6 is 37.2 Å². The number of nitrogens with zero attached hydrogens (tertiary/aromatic N) is 4. The molecule has 8 rings (SSSR count). The largest absolute Gasteiger partial charge is 0.491 e. The minimum absolute atomic E-state index is 0. The molecule has 0 aliphatic carbocycles. The lowest BCUT2D eigenvalue weighted by Gasteiger charge is -2.33. The molecule has 1 aliphatic heterocycles. The summed E-state index contributed by atoms with van der Waals surface area (Å²) < 4.78 is 11.4. The summed E-state index contributed by atoms with van der Waals surface area (Å²) >= 11 is 0. The predicted molar refractivity (Wildman–Crippen MR) is 208 cm³/mol. The molecule has 1 saturated heterocycles. The molecule has 9 heteroatoms. The number of piperidine rings is 1. The van der Waals surface area contributed by atoms with Crippen LogP contribution in [-0.2, 0) is 6.54 Å². The summed E-state index contributed by atoms with van der Waals surface area (Å²) in [5, 5.41) is 3.55. The Morgan fingerprint density at radius 1 is 0.612 bits per heavy atom. The third-order valence-electron chi connectivity index (χ3n) is 9.26. The van der Waals surface area contributed by atoms with Crippen molar-refractivity contribution in [3.63, 3.8) is 0 Å². The number of hydrogen-bond acceptors (Lipinski definition) is 4. The van der Waals surface area contributed by atoms with Crippen molar-refractivity contribution in [1.29, 1.82) is 0 Å². The Labute approximate surface area is 305 Å². The summed E-state index contributed by atoms with van der Waals surface area (Å²) in [6.07, 6.45) is 2.21. The molecule has 3 heterocycles. The molecule has 1 unspecified atom stereocenters. The number of imidazole rings is 2. The fraction of sp³-hybridized carbons (Fsp3) is 0.200. The third kappa shape index (κ3) is 7.48. The standard InChI is InChI=1S/C40H37N5O.3ClH/c1-3-11-29(12-4-1)27-44-36-17-9-7-15-34(36)42-39(44)32-19-21-33(22-20-32)46-28-38(30-23-25-41-26-24-30)45-37-18-10-8-16-35(37)43-40(45)31-13-5-2-6-14-31;;;/h1-22,30,38,41H,23-28H2;3*1H. The predicted octanol–water partition coefficient (Wildman–Crippen LogP) is 9.65. The van der Waals surface area contributed by atoms with E-state index in [0.717, 1.165) is 83.1 Å². The van der Waals surface area contributed by atoms with Gasteiger partial charge in [-0.2, -0.15) is 0 Å². The molecule has 1 atom stereocenters. The van der Waals surface area contributed by atoms with Gasteiger partial charge >= 0.3 is 0 Å². The van der Waals surface area contributed by atoms with Crippen LogP contribution in [0, 0.1) is 5.92 Å². The maximum atomic E-state index is 6.66. The number of benzene rings is 5. The van der Waals surface area contributed by atoms with Crippen LogP contribution in [-0.4, -0.2) is 38.8 Å². The van der Waals surface area contributed by atoms with Crippen molar-refractivity contribution in [2.45, 2.75) is 25.4 Å². The summed E-state index contributed by atoms with van der Waals surface area (Å²) in [6.45, 7) is 3.37. The number of aromatic nitrogens is 4. The van der Waals surface area contributed by atoms with Crippen LogP contribution in [0.3, 0.4) is 0 Å². The molecule has 1 aliphatic rings. The van der Waals surface area contributed by atoms with Crippen molar-refractivity contribution in [2.75, 3.05) is 19.7 Å². The molecule has 0 amide bonds. The molecular weight excluding hydrogens is 673 g/mol. The number of halogens is 3. The van der Waals surface area contributed by atoms with Gasteiger partial charge < -0.3 is 19.2 Å². The average Bonchev–Trinajstić information content (AvgIpc) is 3.69. The van der Waals surface area contributed by atoms with E-state index in [-0.39, 0.29) is 43.3 Å². The van der Waals surface area contributed by atoms with E-state index in [1.54, 1.807) is 0 Å².